The Kier molecular flexibility index (Phi) is 4.45. The number of hydrogen-bond donors (Lipinski definition) is 1. The Bertz CT molecular complexity index is 280. The van der Waals surface area contributed by atoms with Crippen LogP contribution in [0.2, 0.25) is 0 Å². The summed E-state index contributed by atoms with van der Waals surface area (Å²) in [5, 5.41) is 3.86. The van der Waals surface area contributed by atoms with E-state index in [0.29, 0.717) is 6.04 Å². The minimum absolute atomic E-state index is 0.267. The van der Waals surface area contributed by atoms with E-state index in [1.807, 2.05) is 0 Å². The first-order valence-electron chi connectivity index (χ1n) is 8.32. The minimum Gasteiger partial charge on any atom is -0.375 e. The number of likely N-dealkylation sites (tertiary alicyclic amines) is 1. The summed E-state index contributed by atoms with van der Waals surface area (Å²) in [6.45, 7) is 4.77. The van der Waals surface area contributed by atoms with Crippen molar-refractivity contribution in [2.45, 2.75) is 63.0 Å². The Labute approximate surface area is 118 Å². The third-order valence-corrected chi connectivity index (χ3v) is 5.54. The van der Waals surface area contributed by atoms with Gasteiger partial charge in [-0.2, -0.15) is 0 Å². The number of nitrogens with one attached hydrogen (secondary N) is 1. The normalized spacial score (nSPS) is 33.0. The second-order valence-electron chi connectivity index (χ2n) is 7.08. The van der Waals surface area contributed by atoms with Crippen LogP contribution in [0.1, 0.15) is 51.4 Å². The number of rotatable bonds is 3. The van der Waals surface area contributed by atoms with Crippen LogP contribution in [0.15, 0.2) is 0 Å². The lowest BCUT2D eigenvalue weighted by Crippen LogP contribution is -2.47. The fourth-order valence-corrected chi connectivity index (χ4v) is 4.17. The first-order valence-corrected chi connectivity index (χ1v) is 8.32. The number of piperidine rings is 1. The molecule has 2 heterocycles. The molecule has 3 heteroatoms. The predicted molar refractivity (Wildman–Crippen MR) is 78.4 cm³/mol. The van der Waals surface area contributed by atoms with Crippen molar-refractivity contribution in [2.24, 2.45) is 5.92 Å². The molecule has 3 rings (SSSR count). The van der Waals surface area contributed by atoms with Gasteiger partial charge in [-0.1, -0.05) is 12.8 Å². The molecule has 0 radical (unpaired) electrons. The molecule has 3 nitrogen and oxygen atoms in total. The van der Waals surface area contributed by atoms with Crippen LogP contribution in [0.3, 0.4) is 0 Å². The van der Waals surface area contributed by atoms with Gasteiger partial charge in [-0.25, -0.2) is 0 Å². The first-order chi connectivity index (χ1) is 9.26. The van der Waals surface area contributed by atoms with Crippen molar-refractivity contribution in [1.82, 2.24) is 10.2 Å². The molecule has 1 N–H and O–H groups in total. The lowest BCUT2D eigenvalue weighted by molar-refractivity contribution is -0.0840. The highest BCUT2D eigenvalue weighted by molar-refractivity contribution is 4.93. The molecule has 19 heavy (non-hydrogen) atoms. The van der Waals surface area contributed by atoms with Crippen LogP contribution in [-0.4, -0.2) is 49.8 Å². The summed E-state index contributed by atoms with van der Waals surface area (Å²) in [5.74, 6) is 0.901. The third kappa shape index (κ3) is 3.50. The summed E-state index contributed by atoms with van der Waals surface area (Å²) >= 11 is 0. The van der Waals surface area contributed by atoms with Crippen molar-refractivity contribution in [3.63, 3.8) is 0 Å². The molecule has 2 aliphatic heterocycles. The largest absolute Gasteiger partial charge is 0.375 e. The summed E-state index contributed by atoms with van der Waals surface area (Å²) in [6, 6.07) is 0.714. The van der Waals surface area contributed by atoms with Gasteiger partial charge in [0.25, 0.3) is 0 Å². The predicted octanol–water partition coefficient (Wildman–Crippen LogP) is 2.41. The molecule has 0 amide bonds. The maximum atomic E-state index is 6.12. The molecule has 3 aliphatic rings. The van der Waals surface area contributed by atoms with Gasteiger partial charge in [0.15, 0.2) is 0 Å². The molecule has 1 saturated carbocycles. The molecule has 3 fully saturated rings. The smallest absolute Gasteiger partial charge is 0.0697 e. The topological polar surface area (TPSA) is 24.5 Å². The highest BCUT2D eigenvalue weighted by Gasteiger charge is 2.39. The summed E-state index contributed by atoms with van der Waals surface area (Å²) in [6.07, 6.45) is 10.6. The van der Waals surface area contributed by atoms with Crippen molar-refractivity contribution < 1.29 is 4.74 Å². The van der Waals surface area contributed by atoms with Crippen LogP contribution in [0.4, 0.5) is 0 Å². The molecular formula is C16H30N2O. The average molecular weight is 266 g/mol. The molecule has 1 spiro atoms. The summed E-state index contributed by atoms with van der Waals surface area (Å²) < 4.78 is 6.12. The Hall–Kier alpha value is -0.120. The third-order valence-electron chi connectivity index (χ3n) is 5.54. The van der Waals surface area contributed by atoms with E-state index in [4.69, 9.17) is 4.74 Å². The molecule has 0 bridgehead atoms. The minimum atomic E-state index is 0.267. The fraction of sp³-hybridized carbons (Fsp3) is 1.00. The Morgan fingerprint density at radius 3 is 2.63 bits per heavy atom. The number of ether oxygens (including phenoxy) is 1. The number of hydrogen-bond acceptors (Lipinski definition) is 3. The van der Waals surface area contributed by atoms with Gasteiger partial charge in [-0.3, -0.25) is 0 Å². The first kappa shape index (κ1) is 13.8. The van der Waals surface area contributed by atoms with E-state index in [-0.39, 0.29) is 5.60 Å². The lowest BCUT2D eigenvalue weighted by Gasteiger charge is -2.39. The standard InChI is InChI=1S/C16H30N2O/c1-18-9-4-14(5-10-18)13-17-15-6-11-19-16(12-15)7-2-3-8-16/h14-15,17H,2-13H2,1H3. The van der Waals surface area contributed by atoms with Crippen molar-refractivity contribution in [3.8, 4) is 0 Å². The van der Waals surface area contributed by atoms with Gasteiger partial charge >= 0.3 is 0 Å². The van der Waals surface area contributed by atoms with Crippen molar-refractivity contribution in [2.75, 3.05) is 33.3 Å². The molecule has 110 valence electrons. The molecule has 1 atom stereocenters. The average Bonchev–Trinajstić information content (AvgIpc) is 2.86. The highest BCUT2D eigenvalue weighted by atomic mass is 16.5. The summed E-state index contributed by atoms with van der Waals surface area (Å²) in [7, 11) is 2.24. The van der Waals surface area contributed by atoms with E-state index in [1.54, 1.807) is 0 Å². The van der Waals surface area contributed by atoms with Gasteiger partial charge < -0.3 is 15.0 Å². The monoisotopic (exact) mass is 266 g/mol. The number of nitrogens with zero attached hydrogens (tertiary/aromatic N) is 1. The van der Waals surface area contributed by atoms with E-state index in [1.165, 1.54) is 71.0 Å². The van der Waals surface area contributed by atoms with Crippen molar-refractivity contribution >= 4 is 0 Å². The molecule has 0 aromatic rings. The van der Waals surface area contributed by atoms with Crippen LogP contribution in [0, 0.1) is 5.92 Å². The Balaban J connectivity index is 1.42. The zero-order chi connectivity index (χ0) is 13.1. The van der Waals surface area contributed by atoms with Gasteiger partial charge in [0.2, 0.25) is 0 Å². The maximum Gasteiger partial charge on any atom is 0.0697 e. The summed E-state index contributed by atoms with van der Waals surface area (Å²) in [4.78, 5) is 2.46. The fourth-order valence-electron chi connectivity index (χ4n) is 4.17. The molecular weight excluding hydrogens is 236 g/mol. The zero-order valence-electron chi connectivity index (χ0n) is 12.5. The van der Waals surface area contributed by atoms with E-state index in [0.717, 1.165) is 12.5 Å². The SMILES string of the molecule is CN1CCC(CNC2CCOC3(CCCC3)C2)CC1. The van der Waals surface area contributed by atoms with Gasteiger partial charge in [0.1, 0.15) is 0 Å². The molecule has 2 saturated heterocycles. The Morgan fingerprint density at radius 2 is 1.89 bits per heavy atom. The van der Waals surface area contributed by atoms with Crippen LogP contribution < -0.4 is 5.32 Å². The second kappa shape index (κ2) is 6.11. The van der Waals surface area contributed by atoms with Gasteiger partial charge in [0, 0.05) is 12.6 Å². The van der Waals surface area contributed by atoms with Gasteiger partial charge in [0.05, 0.1) is 5.60 Å². The second-order valence-corrected chi connectivity index (χ2v) is 7.08. The quantitative estimate of drug-likeness (QED) is 0.849. The lowest BCUT2D eigenvalue weighted by atomic mass is 9.88. The van der Waals surface area contributed by atoms with E-state index < -0.39 is 0 Å². The maximum absolute atomic E-state index is 6.12. The van der Waals surface area contributed by atoms with E-state index in [2.05, 4.69) is 17.3 Å². The van der Waals surface area contributed by atoms with Crippen LogP contribution in [0.25, 0.3) is 0 Å². The van der Waals surface area contributed by atoms with Crippen LogP contribution >= 0.6 is 0 Å². The summed E-state index contributed by atoms with van der Waals surface area (Å²) in [5.41, 5.74) is 0.267. The van der Waals surface area contributed by atoms with Crippen LogP contribution in [0.5, 0.6) is 0 Å². The molecule has 0 aromatic carbocycles. The van der Waals surface area contributed by atoms with Crippen molar-refractivity contribution in [3.05, 3.63) is 0 Å². The molecule has 0 aromatic heterocycles. The van der Waals surface area contributed by atoms with Gasteiger partial charge in [-0.15, -0.1) is 0 Å². The highest BCUT2D eigenvalue weighted by Crippen LogP contribution is 2.40. The molecule has 1 aliphatic carbocycles. The van der Waals surface area contributed by atoms with E-state index >= 15 is 0 Å². The Morgan fingerprint density at radius 1 is 1.16 bits per heavy atom. The zero-order valence-corrected chi connectivity index (χ0v) is 12.5. The molecule has 1 unspecified atom stereocenters. The van der Waals surface area contributed by atoms with E-state index in [9.17, 15) is 0 Å². The van der Waals surface area contributed by atoms with Gasteiger partial charge in [-0.05, 0) is 71.1 Å². The van der Waals surface area contributed by atoms with Crippen molar-refractivity contribution in [1.29, 1.82) is 0 Å². The van der Waals surface area contributed by atoms with Crippen LogP contribution in [-0.2, 0) is 4.74 Å².